The molecule has 158 valence electrons. The molecule has 0 radical (unpaired) electrons. The zero-order valence-electron chi connectivity index (χ0n) is 17.9. The number of carbonyl (C=O) groups is 2. The number of anilines is 2. The quantitative estimate of drug-likeness (QED) is 0.588. The van der Waals surface area contributed by atoms with Gasteiger partial charge in [-0.3, -0.25) is 9.69 Å². The van der Waals surface area contributed by atoms with Crippen LogP contribution in [0, 0.1) is 6.92 Å². The molecule has 5 nitrogen and oxygen atoms in total. The highest BCUT2D eigenvalue weighted by Gasteiger charge is 2.30. The van der Waals surface area contributed by atoms with Crippen molar-refractivity contribution in [2.75, 3.05) is 23.3 Å². The fourth-order valence-electron chi connectivity index (χ4n) is 4.03. The van der Waals surface area contributed by atoms with Crippen LogP contribution in [-0.4, -0.2) is 29.9 Å². The van der Waals surface area contributed by atoms with Crippen molar-refractivity contribution in [3.05, 3.63) is 95.6 Å². The minimum absolute atomic E-state index is 0.000409. The number of hydrogen-bond donors (Lipinski definition) is 1. The third kappa shape index (κ3) is 4.45. The van der Waals surface area contributed by atoms with Gasteiger partial charge in [-0.25, -0.2) is 4.79 Å². The van der Waals surface area contributed by atoms with E-state index < -0.39 is 0 Å². The van der Waals surface area contributed by atoms with Gasteiger partial charge in [0.15, 0.2) is 0 Å². The van der Waals surface area contributed by atoms with Crippen molar-refractivity contribution < 1.29 is 9.59 Å². The Labute approximate surface area is 183 Å². The zero-order chi connectivity index (χ0) is 21.8. The van der Waals surface area contributed by atoms with Crippen LogP contribution in [0.4, 0.5) is 16.2 Å². The van der Waals surface area contributed by atoms with E-state index in [2.05, 4.69) is 24.4 Å². The molecule has 1 saturated heterocycles. The van der Waals surface area contributed by atoms with Crippen LogP contribution in [0.2, 0.25) is 0 Å². The van der Waals surface area contributed by atoms with Crippen LogP contribution in [-0.2, 0) is 0 Å². The molecular formula is C26H27N3O2. The van der Waals surface area contributed by atoms with Crippen molar-refractivity contribution in [1.82, 2.24) is 4.90 Å². The summed E-state index contributed by atoms with van der Waals surface area (Å²) in [5.74, 6) is -0.153. The van der Waals surface area contributed by atoms with Gasteiger partial charge in [0.2, 0.25) is 0 Å². The molecule has 0 saturated carbocycles. The Morgan fingerprint density at radius 2 is 1.68 bits per heavy atom. The fraction of sp³-hybridized carbons (Fsp3) is 0.231. The number of urea groups is 1. The average molecular weight is 414 g/mol. The van der Waals surface area contributed by atoms with E-state index in [4.69, 9.17) is 0 Å². The lowest BCUT2D eigenvalue weighted by Crippen LogP contribution is -2.50. The first-order chi connectivity index (χ1) is 15.0. The molecule has 1 aliphatic rings. The van der Waals surface area contributed by atoms with Crippen LogP contribution >= 0.6 is 0 Å². The molecular weight excluding hydrogens is 386 g/mol. The second kappa shape index (κ2) is 9.04. The van der Waals surface area contributed by atoms with Gasteiger partial charge in [-0.05, 0) is 55.7 Å². The number of aryl methyl sites for hydroxylation is 1. The number of rotatable bonds is 5. The van der Waals surface area contributed by atoms with Crippen molar-refractivity contribution in [3.8, 4) is 0 Å². The van der Waals surface area contributed by atoms with E-state index in [0.29, 0.717) is 17.8 Å². The molecule has 3 amide bonds. The lowest BCUT2D eigenvalue weighted by Gasteiger charge is -2.39. The highest BCUT2D eigenvalue weighted by atomic mass is 16.2. The minimum atomic E-state index is -0.153. The van der Waals surface area contributed by atoms with E-state index in [0.717, 1.165) is 29.8 Å². The Bertz CT molecular complexity index is 1080. The summed E-state index contributed by atoms with van der Waals surface area (Å²) in [6.07, 6.45) is 0.892. The molecule has 1 N–H and O–H groups in total. The topological polar surface area (TPSA) is 52.7 Å². The summed E-state index contributed by atoms with van der Waals surface area (Å²) >= 11 is 0. The molecule has 0 aliphatic carbocycles. The molecule has 1 heterocycles. The monoisotopic (exact) mass is 413 g/mol. The average Bonchev–Trinajstić information content (AvgIpc) is 2.80. The maximum atomic E-state index is 13.3. The molecule has 0 spiro atoms. The van der Waals surface area contributed by atoms with Crippen molar-refractivity contribution >= 4 is 23.3 Å². The van der Waals surface area contributed by atoms with Crippen LogP contribution in [0.5, 0.6) is 0 Å². The number of nitrogens with zero attached hydrogens (tertiary/aromatic N) is 2. The van der Waals surface area contributed by atoms with E-state index >= 15 is 0 Å². The summed E-state index contributed by atoms with van der Waals surface area (Å²) in [5.41, 5.74) is 4.15. The summed E-state index contributed by atoms with van der Waals surface area (Å²) in [6.45, 7) is 5.37. The fourth-order valence-corrected chi connectivity index (χ4v) is 4.03. The van der Waals surface area contributed by atoms with Crippen molar-refractivity contribution in [2.45, 2.75) is 26.3 Å². The van der Waals surface area contributed by atoms with E-state index in [1.807, 2.05) is 78.6 Å². The Balaban J connectivity index is 1.52. The predicted octanol–water partition coefficient (Wildman–Crippen LogP) is 5.64. The SMILES string of the molecule is Cc1ccccc1C(=O)Nc1cccc(N2CCCN(C(C)c3ccccc3)C2=O)c1. The Morgan fingerprint density at radius 3 is 2.45 bits per heavy atom. The molecule has 1 unspecified atom stereocenters. The maximum absolute atomic E-state index is 13.3. The molecule has 1 aliphatic heterocycles. The van der Waals surface area contributed by atoms with E-state index in [1.54, 1.807) is 4.90 Å². The van der Waals surface area contributed by atoms with Crippen LogP contribution in [0.3, 0.4) is 0 Å². The first-order valence-corrected chi connectivity index (χ1v) is 10.6. The number of hydrogen-bond acceptors (Lipinski definition) is 2. The van der Waals surface area contributed by atoms with Crippen molar-refractivity contribution in [2.24, 2.45) is 0 Å². The van der Waals surface area contributed by atoms with Gasteiger partial charge in [-0.2, -0.15) is 0 Å². The van der Waals surface area contributed by atoms with Gasteiger partial charge in [0.05, 0.1) is 6.04 Å². The zero-order valence-corrected chi connectivity index (χ0v) is 17.9. The van der Waals surface area contributed by atoms with E-state index in [9.17, 15) is 9.59 Å². The smallest absolute Gasteiger partial charge is 0.322 e. The maximum Gasteiger partial charge on any atom is 0.324 e. The highest BCUT2D eigenvalue weighted by Crippen LogP contribution is 2.29. The first-order valence-electron chi connectivity index (χ1n) is 10.6. The van der Waals surface area contributed by atoms with Crippen LogP contribution in [0.15, 0.2) is 78.9 Å². The molecule has 1 atom stereocenters. The second-order valence-corrected chi connectivity index (χ2v) is 7.89. The van der Waals surface area contributed by atoms with Crippen molar-refractivity contribution in [3.63, 3.8) is 0 Å². The minimum Gasteiger partial charge on any atom is -0.322 e. The lowest BCUT2D eigenvalue weighted by molar-refractivity contribution is 0.102. The Morgan fingerprint density at radius 1 is 0.935 bits per heavy atom. The first kappa shape index (κ1) is 20.7. The van der Waals surface area contributed by atoms with E-state index in [-0.39, 0.29) is 18.0 Å². The van der Waals surface area contributed by atoms with Gasteiger partial charge in [-0.1, -0.05) is 54.6 Å². The predicted molar refractivity (Wildman–Crippen MR) is 124 cm³/mol. The van der Waals surface area contributed by atoms with Gasteiger partial charge in [0.1, 0.15) is 0 Å². The molecule has 4 rings (SSSR count). The number of carbonyl (C=O) groups excluding carboxylic acids is 2. The molecule has 5 heteroatoms. The van der Waals surface area contributed by atoms with E-state index in [1.165, 1.54) is 0 Å². The van der Waals surface area contributed by atoms with Gasteiger partial charge in [0.25, 0.3) is 5.91 Å². The van der Waals surface area contributed by atoms with Gasteiger partial charge in [-0.15, -0.1) is 0 Å². The van der Waals surface area contributed by atoms with Crippen molar-refractivity contribution in [1.29, 1.82) is 0 Å². The highest BCUT2D eigenvalue weighted by molar-refractivity contribution is 6.05. The largest absolute Gasteiger partial charge is 0.324 e. The lowest BCUT2D eigenvalue weighted by atomic mass is 10.1. The molecule has 31 heavy (non-hydrogen) atoms. The molecule has 3 aromatic carbocycles. The standard InChI is InChI=1S/C26H27N3O2/c1-19-10-6-7-15-24(19)25(30)27-22-13-8-14-23(18-22)29-17-9-16-28(26(29)31)20(2)21-11-4-3-5-12-21/h3-8,10-15,18,20H,9,16-17H2,1-2H3,(H,27,30). The Kier molecular flexibility index (Phi) is 6.03. The van der Waals surface area contributed by atoms with Crippen LogP contribution in [0.25, 0.3) is 0 Å². The third-order valence-corrected chi connectivity index (χ3v) is 5.81. The number of benzene rings is 3. The second-order valence-electron chi connectivity index (χ2n) is 7.89. The molecule has 0 aromatic heterocycles. The van der Waals surface area contributed by atoms with Gasteiger partial charge in [0, 0.05) is 30.0 Å². The summed E-state index contributed by atoms with van der Waals surface area (Å²) in [4.78, 5) is 29.7. The number of nitrogens with one attached hydrogen (secondary N) is 1. The third-order valence-electron chi connectivity index (χ3n) is 5.81. The van der Waals surface area contributed by atoms with Crippen LogP contribution < -0.4 is 10.2 Å². The Hall–Kier alpha value is -3.60. The van der Waals surface area contributed by atoms with Gasteiger partial charge < -0.3 is 10.2 Å². The molecule has 0 bridgehead atoms. The molecule has 3 aromatic rings. The summed E-state index contributed by atoms with van der Waals surface area (Å²) in [5, 5.41) is 2.96. The number of amides is 3. The summed E-state index contributed by atoms with van der Waals surface area (Å²) in [6, 6.07) is 25.1. The normalized spacial score (nSPS) is 15.0. The summed E-state index contributed by atoms with van der Waals surface area (Å²) < 4.78 is 0. The van der Waals surface area contributed by atoms with Gasteiger partial charge >= 0.3 is 6.03 Å². The van der Waals surface area contributed by atoms with Crippen LogP contribution in [0.1, 0.15) is 40.9 Å². The summed E-state index contributed by atoms with van der Waals surface area (Å²) in [7, 11) is 0. The molecule has 1 fully saturated rings.